The highest BCUT2D eigenvalue weighted by Crippen LogP contribution is 2.24. The summed E-state index contributed by atoms with van der Waals surface area (Å²) in [6.45, 7) is 9.56. The minimum absolute atomic E-state index is 0.145. The number of thiophene rings is 1. The lowest BCUT2D eigenvalue weighted by Gasteiger charge is -2.36. The van der Waals surface area contributed by atoms with Crippen molar-refractivity contribution in [3.8, 4) is 11.4 Å². The Bertz CT molecular complexity index is 836. The summed E-state index contributed by atoms with van der Waals surface area (Å²) in [4.78, 5) is 12.4. The van der Waals surface area contributed by atoms with Crippen LogP contribution in [0, 0.1) is 6.92 Å². The van der Waals surface area contributed by atoms with Crippen LogP contribution in [0.25, 0.3) is 11.4 Å². The molecular weight excluding hydrogens is 344 g/mol. The quantitative estimate of drug-likeness (QED) is 0.681. The van der Waals surface area contributed by atoms with Crippen molar-refractivity contribution in [2.45, 2.75) is 26.4 Å². The van der Waals surface area contributed by atoms with Crippen LogP contribution in [0.15, 0.2) is 47.0 Å². The van der Waals surface area contributed by atoms with Gasteiger partial charge in [0.05, 0.1) is 6.04 Å². The van der Waals surface area contributed by atoms with E-state index in [-0.39, 0.29) is 6.04 Å². The molecule has 1 atom stereocenters. The number of aromatic nitrogens is 2. The first-order chi connectivity index (χ1) is 12.7. The summed E-state index contributed by atoms with van der Waals surface area (Å²) in [6.07, 6.45) is 0. The second kappa shape index (κ2) is 7.70. The van der Waals surface area contributed by atoms with Gasteiger partial charge in [-0.2, -0.15) is 4.98 Å². The Morgan fingerprint density at radius 3 is 2.54 bits per heavy atom. The zero-order chi connectivity index (χ0) is 17.9. The van der Waals surface area contributed by atoms with Crippen molar-refractivity contribution >= 4 is 11.3 Å². The van der Waals surface area contributed by atoms with Crippen LogP contribution < -0.4 is 0 Å². The van der Waals surface area contributed by atoms with Crippen LogP contribution in [0.1, 0.15) is 28.6 Å². The molecule has 5 nitrogen and oxygen atoms in total. The van der Waals surface area contributed by atoms with Crippen molar-refractivity contribution in [1.82, 2.24) is 19.9 Å². The lowest BCUT2D eigenvalue weighted by Crippen LogP contribution is -2.46. The molecule has 0 aliphatic carbocycles. The van der Waals surface area contributed by atoms with Crippen LogP contribution in [0.5, 0.6) is 0 Å². The van der Waals surface area contributed by atoms with Gasteiger partial charge in [-0.05, 0) is 26.0 Å². The molecule has 1 aliphatic rings. The molecular formula is C20H24N4OS. The van der Waals surface area contributed by atoms with E-state index in [1.165, 1.54) is 9.75 Å². The smallest absolute Gasteiger partial charge is 0.244 e. The first-order valence-electron chi connectivity index (χ1n) is 9.10. The summed E-state index contributed by atoms with van der Waals surface area (Å²) in [6, 6.07) is 14.6. The number of hydrogen-bond acceptors (Lipinski definition) is 6. The van der Waals surface area contributed by atoms with Crippen LogP contribution in [0.4, 0.5) is 0 Å². The normalized spacial score (nSPS) is 17.5. The Morgan fingerprint density at radius 1 is 1.08 bits per heavy atom. The average Bonchev–Trinajstić information content (AvgIpc) is 3.32. The van der Waals surface area contributed by atoms with Crippen molar-refractivity contribution in [3.63, 3.8) is 0 Å². The van der Waals surface area contributed by atoms with E-state index in [1.807, 2.05) is 41.7 Å². The van der Waals surface area contributed by atoms with E-state index in [0.29, 0.717) is 11.7 Å². The number of piperazine rings is 1. The number of nitrogens with zero attached hydrogens (tertiary/aromatic N) is 4. The Kier molecular flexibility index (Phi) is 5.15. The second-order valence-corrected chi connectivity index (χ2v) is 8.20. The van der Waals surface area contributed by atoms with E-state index in [2.05, 4.69) is 45.9 Å². The van der Waals surface area contributed by atoms with Gasteiger partial charge < -0.3 is 4.52 Å². The Hall–Kier alpha value is -2.02. The molecule has 1 fully saturated rings. The summed E-state index contributed by atoms with van der Waals surface area (Å²) in [5.41, 5.74) is 0.991. The second-order valence-electron chi connectivity index (χ2n) is 6.82. The Morgan fingerprint density at radius 2 is 1.85 bits per heavy atom. The molecule has 3 heterocycles. The van der Waals surface area contributed by atoms with E-state index < -0.39 is 0 Å². The van der Waals surface area contributed by atoms with Gasteiger partial charge in [-0.15, -0.1) is 11.3 Å². The molecule has 6 heteroatoms. The fourth-order valence-electron chi connectivity index (χ4n) is 3.36. The van der Waals surface area contributed by atoms with Crippen molar-refractivity contribution < 1.29 is 4.52 Å². The van der Waals surface area contributed by atoms with E-state index in [0.717, 1.165) is 38.3 Å². The molecule has 1 aromatic carbocycles. The van der Waals surface area contributed by atoms with Gasteiger partial charge >= 0.3 is 0 Å². The van der Waals surface area contributed by atoms with Crippen LogP contribution in [-0.4, -0.2) is 46.1 Å². The van der Waals surface area contributed by atoms with Crippen molar-refractivity contribution in [2.75, 3.05) is 26.2 Å². The van der Waals surface area contributed by atoms with Gasteiger partial charge in [0.15, 0.2) is 0 Å². The highest BCUT2D eigenvalue weighted by Gasteiger charge is 2.26. The average molecular weight is 369 g/mol. The van der Waals surface area contributed by atoms with E-state index in [9.17, 15) is 0 Å². The zero-order valence-electron chi connectivity index (χ0n) is 15.3. The number of hydrogen-bond donors (Lipinski definition) is 0. The number of aryl methyl sites for hydroxylation is 1. The lowest BCUT2D eigenvalue weighted by molar-refractivity contribution is 0.0851. The van der Waals surface area contributed by atoms with Gasteiger partial charge in [-0.25, -0.2) is 0 Å². The van der Waals surface area contributed by atoms with Gasteiger partial charge in [0.25, 0.3) is 0 Å². The monoisotopic (exact) mass is 368 g/mol. The predicted molar refractivity (Wildman–Crippen MR) is 104 cm³/mol. The minimum Gasteiger partial charge on any atom is -0.337 e. The molecule has 1 aliphatic heterocycles. The zero-order valence-corrected chi connectivity index (χ0v) is 16.1. The van der Waals surface area contributed by atoms with E-state index in [1.54, 1.807) is 0 Å². The molecule has 4 rings (SSSR count). The first kappa shape index (κ1) is 17.4. The standard InChI is InChI=1S/C20H24N4OS/c1-15-8-9-18(26-15)14-23-10-12-24(13-11-23)16(2)20-21-19(22-25-20)17-6-4-3-5-7-17/h3-9,16H,10-14H2,1-2H3. The topological polar surface area (TPSA) is 45.4 Å². The van der Waals surface area contributed by atoms with Crippen LogP contribution >= 0.6 is 11.3 Å². The lowest BCUT2D eigenvalue weighted by atomic mass is 10.2. The minimum atomic E-state index is 0.145. The fraction of sp³-hybridized carbons (Fsp3) is 0.400. The summed E-state index contributed by atoms with van der Waals surface area (Å²) < 4.78 is 5.54. The van der Waals surface area contributed by atoms with Gasteiger partial charge in [-0.3, -0.25) is 9.80 Å². The van der Waals surface area contributed by atoms with Gasteiger partial charge in [0, 0.05) is 48.0 Å². The molecule has 3 aromatic rings. The van der Waals surface area contributed by atoms with E-state index >= 15 is 0 Å². The maximum Gasteiger partial charge on any atom is 0.244 e. The summed E-state index contributed by atoms with van der Waals surface area (Å²) in [5.74, 6) is 1.37. The molecule has 0 N–H and O–H groups in total. The summed E-state index contributed by atoms with van der Waals surface area (Å²) >= 11 is 1.90. The highest BCUT2D eigenvalue weighted by atomic mass is 32.1. The predicted octanol–water partition coefficient (Wildman–Crippen LogP) is 3.99. The molecule has 136 valence electrons. The first-order valence-corrected chi connectivity index (χ1v) is 9.91. The third kappa shape index (κ3) is 3.87. The van der Waals surface area contributed by atoms with Crippen molar-refractivity contribution in [1.29, 1.82) is 0 Å². The summed E-state index contributed by atoms with van der Waals surface area (Å²) in [7, 11) is 0. The highest BCUT2D eigenvalue weighted by molar-refractivity contribution is 7.11. The molecule has 0 radical (unpaired) electrons. The third-order valence-corrected chi connectivity index (χ3v) is 5.95. The van der Waals surface area contributed by atoms with Gasteiger partial charge in [-0.1, -0.05) is 35.5 Å². The summed E-state index contributed by atoms with van der Waals surface area (Å²) in [5, 5.41) is 4.15. The molecule has 0 bridgehead atoms. The van der Waals surface area contributed by atoms with E-state index in [4.69, 9.17) is 4.52 Å². The largest absolute Gasteiger partial charge is 0.337 e. The van der Waals surface area contributed by atoms with Crippen molar-refractivity contribution in [2.24, 2.45) is 0 Å². The van der Waals surface area contributed by atoms with Gasteiger partial charge in [0.1, 0.15) is 0 Å². The maximum absolute atomic E-state index is 5.54. The van der Waals surface area contributed by atoms with Crippen LogP contribution in [0.3, 0.4) is 0 Å². The Labute approximate surface area is 158 Å². The third-order valence-electron chi connectivity index (χ3n) is 4.96. The Balaban J connectivity index is 1.35. The molecule has 1 unspecified atom stereocenters. The molecule has 0 spiro atoms. The number of rotatable bonds is 5. The molecule has 0 saturated carbocycles. The van der Waals surface area contributed by atoms with Crippen LogP contribution in [0.2, 0.25) is 0 Å². The molecule has 26 heavy (non-hydrogen) atoms. The SMILES string of the molecule is Cc1ccc(CN2CCN(C(C)c3nc(-c4ccccc4)no3)CC2)s1. The fourth-order valence-corrected chi connectivity index (χ4v) is 4.30. The van der Waals surface area contributed by atoms with Crippen molar-refractivity contribution in [3.05, 3.63) is 58.1 Å². The molecule has 2 aromatic heterocycles. The molecule has 0 amide bonds. The van der Waals surface area contributed by atoms with Crippen LogP contribution in [-0.2, 0) is 6.54 Å². The van der Waals surface area contributed by atoms with Gasteiger partial charge in [0.2, 0.25) is 11.7 Å². The number of benzene rings is 1. The molecule has 1 saturated heterocycles. The maximum atomic E-state index is 5.54.